The highest BCUT2D eigenvalue weighted by molar-refractivity contribution is 7.85. The smallest absolute Gasteiger partial charge is 0.171 e. The quantitative estimate of drug-likeness (QED) is 0.121. The molecule has 3 aliphatic heterocycles. The Balaban J connectivity index is 0.000000141. The van der Waals surface area contributed by atoms with Crippen LogP contribution in [0.4, 0.5) is 34.1 Å². The van der Waals surface area contributed by atoms with Gasteiger partial charge in [0.2, 0.25) is 0 Å². The number of hydrogen-bond donors (Lipinski definition) is 0. The zero-order valence-corrected chi connectivity index (χ0v) is 70.0. The maximum atomic E-state index is 16.8. The molecule has 5 nitrogen and oxygen atoms in total. The first-order valence-electron chi connectivity index (χ1n) is 43.3. The molecule has 1 aliphatic carbocycles. The zero-order valence-electron chi connectivity index (χ0n) is 69.1. The minimum atomic E-state index is -3.43. The Bertz CT molecular complexity index is 7880. The molecule has 590 valence electrons. The zero-order chi connectivity index (χ0) is 83.1. The standard InChI is InChI=1S/C61H41N2OP.C58H42N2/c64-65(49-21-8-3-9-22-49)58-30-15-12-26-53(58)61(52-25-11-14-29-57(52)63-56-28-13-10-23-50(56)51-24-16-27-55(61)60(51)63)54-40-35-45(41-59(54)65)44-33-38-48(39-34-44)62(46-19-6-2-7-20-46)47-36-31-43(32-37-47)42-17-4-1-5-18-42;1-57(2)48-22-10-11-23-49(48)58(51-24-12-14-27-55(51)60-54-26-13-9-20-46(54)47-21-15-25-52(58)56(47)60)50-37-32-42(38-53(50)57)41-30-35-45(36-31-41)59(43-18-7-4-8-19-43)44-33-28-40(29-34-44)39-16-5-3-6-17-39/h1-41H;3-38H,1-2H3. The van der Waals surface area contributed by atoms with E-state index >= 15 is 4.57 Å². The number of anilines is 6. The number of para-hydroxylation sites is 8. The Kier molecular flexibility index (Phi) is 17.0. The summed E-state index contributed by atoms with van der Waals surface area (Å²) in [4.78, 5) is 4.64. The molecule has 25 rings (SSSR count). The molecule has 125 heavy (non-hydrogen) atoms. The maximum absolute atomic E-state index is 16.8. The predicted octanol–water partition coefficient (Wildman–Crippen LogP) is 29.2. The Morgan fingerprint density at radius 2 is 0.520 bits per heavy atom. The van der Waals surface area contributed by atoms with Crippen molar-refractivity contribution >= 4 is 101 Å². The lowest BCUT2D eigenvalue weighted by Gasteiger charge is -2.50. The van der Waals surface area contributed by atoms with Crippen LogP contribution in [0.15, 0.2) is 467 Å². The van der Waals surface area contributed by atoms with Crippen molar-refractivity contribution in [3.05, 3.63) is 523 Å². The van der Waals surface area contributed by atoms with Crippen LogP contribution in [0.1, 0.15) is 69.5 Å². The Labute approximate surface area is 728 Å². The summed E-state index contributed by atoms with van der Waals surface area (Å²) in [5.74, 6) is 0. The largest absolute Gasteiger partial charge is 0.311 e. The van der Waals surface area contributed by atoms with Gasteiger partial charge in [-0.05, 0) is 209 Å². The molecule has 0 amide bonds. The summed E-state index contributed by atoms with van der Waals surface area (Å²) >= 11 is 0. The summed E-state index contributed by atoms with van der Waals surface area (Å²) in [7, 11) is -3.43. The fourth-order valence-electron chi connectivity index (χ4n) is 21.8. The Morgan fingerprint density at radius 3 is 0.992 bits per heavy atom. The molecule has 3 atom stereocenters. The van der Waals surface area contributed by atoms with Gasteiger partial charge in [0, 0.05) is 77.0 Å². The van der Waals surface area contributed by atoms with Crippen LogP contribution < -0.4 is 25.7 Å². The van der Waals surface area contributed by atoms with Gasteiger partial charge in [0.25, 0.3) is 0 Å². The average molecular weight is 1620 g/mol. The van der Waals surface area contributed by atoms with Crippen molar-refractivity contribution in [1.29, 1.82) is 0 Å². The van der Waals surface area contributed by atoms with E-state index in [1.165, 1.54) is 127 Å². The molecule has 0 N–H and O–H groups in total. The van der Waals surface area contributed by atoms with Crippen LogP contribution in [0.3, 0.4) is 0 Å². The second-order valence-electron chi connectivity index (χ2n) is 34.0. The topological polar surface area (TPSA) is 33.4 Å². The summed E-state index contributed by atoms with van der Waals surface area (Å²) in [5, 5.41) is 7.64. The highest BCUT2D eigenvalue weighted by Crippen LogP contribution is 2.64. The van der Waals surface area contributed by atoms with Crippen molar-refractivity contribution in [2.45, 2.75) is 30.1 Å². The van der Waals surface area contributed by atoms with Crippen molar-refractivity contribution in [1.82, 2.24) is 9.13 Å². The van der Waals surface area contributed by atoms with E-state index in [-0.39, 0.29) is 5.41 Å². The SMILES string of the molecule is CC1(C)c2ccccc2C2(c3ccccc3-n3c4ccccc4c4cccc2c43)c2ccc(-c3ccc(N(c4ccccc4)c4ccc(-c5ccccc5)cc4)cc3)cc21.O=P1(c2ccccc2)c2ccccc2C2(c3ccccc3-n3c4ccccc4c4cccc2c43)c2ccc(-c3ccc(N(c4ccccc4)c4ccc(-c5ccccc5)cc4)cc3)cc21. The number of benzene rings is 19. The lowest BCUT2D eigenvalue weighted by Crippen LogP contribution is -2.48. The van der Waals surface area contributed by atoms with Crippen molar-refractivity contribution < 1.29 is 4.57 Å². The number of rotatable bonds is 11. The second kappa shape index (κ2) is 28.9. The first-order valence-corrected chi connectivity index (χ1v) is 45.0. The first-order chi connectivity index (χ1) is 61.7. The van der Waals surface area contributed by atoms with E-state index in [1.54, 1.807) is 0 Å². The highest BCUT2D eigenvalue weighted by Gasteiger charge is 2.56. The highest BCUT2D eigenvalue weighted by atomic mass is 31.2. The van der Waals surface area contributed by atoms with Gasteiger partial charge in [-0.2, -0.15) is 0 Å². The molecule has 6 heteroatoms. The molecule has 21 aromatic rings. The van der Waals surface area contributed by atoms with Crippen LogP contribution in [0.2, 0.25) is 0 Å². The Hall–Kier alpha value is -15.4. The van der Waals surface area contributed by atoms with E-state index in [2.05, 4.69) is 482 Å². The summed E-state index contributed by atoms with van der Waals surface area (Å²) in [6.07, 6.45) is 0. The summed E-state index contributed by atoms with van der Waals surface area (Å²) in [6.45, 7) is 4.83. The fourth-order valence-corrected chi connectivity index (χ4v) is 25.0. The van der Waals surface area contributed by atoms with E-state index in [0.29, 0.717) is 0 Å². The maximum Gasteiger partial charge on any atom is 0.171 e. The van der Waals surface area contributed by atoms with Gasteiger partial charge in [0.05, 0.1) is 44.3 Å². The molecule has 0 radical (unpaired) electrons. The average Bonchev–Trinajstić information content (AvgIpc) is 1.66. The molecule has 3 unspecified atom stereocenters. The van der Waals surface area contributed by atoms with Crippen molar-refractivity contribution in [2.24, 2.45) is 0 Å². The molecule has 4 aliphatic rings. The molecule has 0 saturated heterocycles. The predicted molar refractivity (Wildman–Crippen MR) is 521 cm³/mol. The molecule has 5 heterocycles. The van der Waals surface area contributed by atoms with Gasteiger partial charge in [0.1, 0.15) is 0 Å². The molecule has 0 bridgehead atoms. The molecule has 19 aromatic carbocycles. The van der Waals surface area contributed by atoms with Gasteiger partial charge < -0.3 is 23.5 Å². The van der Waals surface area contributed by atoms with E-state index < -0.39 is 18.0 Å². The number of aromatic nitrogens is 2. The molecule has 0 fully saturated rings. The van der Waals surface area contributed by atoms with Gasteiger partial charge >= 0.3 is 0 Å². The summed E-state index contributed by atoms with van der Waals surface area (Å²) in [6, 6.07) is 169. The summed E-state index contributed by atoms with van der Waals surface area (Å²) in [5.41, 5.74) is 34.4. The van der Waals surface area contributed by atoms with Crippen molar-refractivity contribution in [2.75, 3.05) is 9.80 Å². The van der Waals surface area contributed by atoms with E-state index in [0.717, 1.165) is 78.0 Å². The summed E-state index contributed by atoms with van der Waals surface area (Å²) < 4.78 is 21.8. The lowest BCUT2D eigenvalue weighted by molar-refractivity contribution is 0.556. The molecular weight excluding hydrogens is 1530 g/mol. The lowest BCUT2D eigenvalue weighted by atomic mass is 9.53. The van der Waals surface area contributed by atoms with Crippen LogP contribution in [0.25, 0.3) is 99.5 Å². The van der Waals surface area contributed by atoms with Crippen molar-refractivity contribution in [3.63, 3.8) is 0 Å². The third kappa shape index (κ3) is 11.0. The fraction of sp³-hybridized carbons (Fsp3) is 0.0420. The molecule has 2 aromatic heterocycles. The third-order valence-electron chi connectivity index (χ3n) is 27.3. The number of hydrogen-bond acceptors (Lipinski definition) is 3. The van der Waals surface area contributed by atoms with E-state index in [1.807, 2.05) is 18.2 Å². The monoisotopic (exact) mass is 1610 g/mol. The van der Waals surface area contributed by atoms with E-state index in [9.17, 15) is 0 Å². The third-order valence-corrected chi connectivity index (χ3v) is 30.5. The van der Waals surface area contributed by atoms with Crippen LogP contribution in [-0.4, -0.2) is 9.13 Å². The number of nitrogens with zero attached hydrogens (tertiary/aromatic N) is 4. The van der Waals surface area contributed by atoms with Crippen LogP contribution in [0, 0.1) is 0 Å². The van der Waals surface area contributed by atoms with Gasteiger partial charge in [-0.15, -0.1) is 0 Å². The van der Waals surface area contributed by atoms with Crippen LogP contribution in [-0.2, 0) is 20.8 Å². The van der Waals surface area contributed by atoms with Crippen LogP contribution in [0.5, 0.6) is 0 Å². The minimum Gasteiger partial charge on any atom is -0.311 e. The van der Waals surface area contributed by atoms with E-state index in [4.69, 9.17) is 0 Å². The molecule has 0 saturated carbocycles. The minimum absolute atomic E-state index is 0.240. The first kappa shape index (κ1) is 73.5. The van der Waals surface area contributed by atoms with Crippen LogP contribution >= 0.6 is 7.14 Å². The van der Waals surface area contributed by atoms with Crippen molar-refractivity contribution in [3.8, 4) is 55.9 Å². The van der Waals surface area contributed by atoms with Gasteiger partial charge in [-0.3, -0.25) is 0 Å². The van der Waals surface area contributed by atoms with Gasteiger partial charge in [0.15, 0.2) is 7.14 Å². The van der Waals surface area contributed by atoms with Gasteiger partial charge in [-0.1, -0.05) is 372 Å². The molecule has 2 spiro atoms. The number of fused-ring (bicyclic) bond motifs is 22. The second-order valence-corrected chi connectivity index (χ2v) is 36.7. The van der Waals surface area contributed by atoms with Gasteiger partial charge in [-0.25, -0.2) is 0 Å². The molecular formula is C119H83N4OP. The Morgan fingerprint density at radius 1 is 0.216 bits per heavy atom. The normalized spacial score (nSPS) is 16.3.